The molecule has 0 unspecified atom stereocenters. The average Bonchev–Trinajstić information content (AvgIpc) is 2.85. The second-order valence-corrected chi connectivity index (χ2v) is 8.18. The summed E-state index contributed by atoms with van der Waals surface area (Å²) in [6, 6.07) is 25.6. The van der Waals surface area contributed by atoms with Crippen LogP contribution in [0.2, 0.25) is 5.02 Å². The Morgan fingerprint density at radius 2 is 1.52 bits per heavy atom. The molecule has 172 valence electrons. The number of amides is 2. The van der Waals surface area contributed by atoms with Crippen LogP contribution in [0, 0.1) is 0 Å². The van der Waals surface area contributed by atoms with E-state index in [9.17, 15) is 9.59 Å². The van der Waals surface area contributed by atoms with E-state index in [4.69, 9.17) is 16.3 Å². The highest BCUT2D eigenvalue weighted by Crippen LogP contribution is 2.18. The van der Waals surface area contributed by atoms with Gasteiger partial charge in [0.05, 0.1) is 0 Å². The van der Waals surface area contributed by atoms with Crippen LogP contribution in [0.1, 0.15) is 24.5 Å². The van der Waals surface area contributed by atoms with Crippen molar-refractivity contribution in [3.8, 4) is 5.75 Å². The van der Waals surface area contributed by atoms with E-state index in [0.29, 0.717) is 30.3 Å². The zero-order chi connectivity index (χ0) is 23.5. The molecule has 0 aliphatic carbocycles. The number of carbonyl (C=O) groups is 2. The molecule has 6 heteroatoms. The van der Waals surface area contributed by atoms with Gasteiger partial charge in [0, 0.05) is 24.5 Å². The Morgan fingerprint density at radius 3 is 2.12 bits per heavy atom. The maximum atomic E-state index is 13.4. The summed E-state index contributed by atoms with van der Waals surface area (Å²) in [7, 11) is 0. The summed E-state index contributed by atoms with van der Waals surface area (Å²) in [5.74, 6) is 0.111. The first-order valence-electron chi connectivity index (χ1n) is 11.1. The molecule has 3 rings (SSSR count). The first-order chi connectivity index (χ1) is 16.1. The number of halogens is 1. The van der Waals surface area contributed by atoms with Crippen LogP contribution >= 0.6 is 11.6 Å². The Morgan fingerprint density at radius 1 is 0.909 bits per heavy atom. The summed E-state index contributed by atoms with van der Waals surface area (Å²) in [6.45, 7) is 2.68. The Kier molecular flexibility index (Phi) is 9.33. The van der Waals surface area contributed by atoms with Gasteiger partial charge in [0.15, 0.2) is 6.61 Å². The summed E-state index contributed by atoms with van der Waals surface area (Å²) < 4.78 is 5.72. The zero-order valence-electron chi connectivity index (χ0n) is 18.7. The molecule has 0 heterocycles. The van der Waals surface area contributed by atoms with Gasteiger partial charge in [0.25, 0.3) is 5.91 Å². The molecule has 0 aliphatic rings. The Bertz CT molecular complexity index is 1010. The second-order valence-electron chi connectivity index (χ2n) is 7.75. The Labute approximate surface area is 200 Å². The molecule has 0 bridgehead atoms. The van der Waals surface area contributed by atoms with Gasteiger partial charge in [-0.2, -0.15) is 0 Å². The number of hydrogen-bond acceptors (Lipinski definition) is 3. The van der Waals surface area contributed by atoms with Gasteiger partial charge in [0.2, 0.25) is 5.91 Å². The number of nitrogens with one attached hydrogen (secondary N) is 1. The van der Waals surface area contributed by atoms with Crippen molar-refractivity contribution >= 4 is 23.4 Å². The molecule has 0 spiro atoms. The Balaban J connectivity index is 1.85. The lowest BCUT2D eigenvalue weighted by Gasteiger charge is -2.31. The van der Waals surface area contributed by atoms with Crippen LogP contribution < -0.4 is 10.1 Å². The molecule has 1 N–H and O–H groups in total. The fourth-order valence-corrected chi connectivity index (χ4v) is 3.58. The van der Waals surface area contributed by atoms with Gasteiger partial charge in [-0.1, -0.05) is 79.2 Å². The van der Waals surface area contributed by atoms with E-state index in [-0.39, 0.29) is 18.4 Å². The van der Waals surface area contributed by atoms with Crippen LogP contribution in [0.5, 0.6) is 5.75 Å². The van der Waals surface area contributed by atoms with Crippen molar-refractivity contribution in [2.24, 2.45) is 0 Å². The monoisotopic (exact) mass is 464 g/mol. The average molecular weight is 465 g/mol. The highest BCUT2D eigenvalue weighted by molar-refractivity contribution is 6.30. The lowest BCUT2D eigenvalue weighted by molar-refractivity contribution is -0.142. The fourth-order valence-electron chi connectivity index (χ4n) is 3.46. The topological polar surface area (TPSA) is 58.6 Å². The predicted octanol–water partition coefficient (Wildman–Crippen LogP) is 4.89. The number of hydrogen-bond donors (Lipinski definition) is 1. The van der Waals surface area contributed by atoms with Gasteiger partial charge in [-0.25, -0.2) is 0 Å². The molecule has 3 aromatic rings. The standard InChI is InChI=1S/C27H29ClN2O3/c1-2-17-29-27(32)25(18-21-9-5-3-6-10-21)30(19-22-11-7-4-8-12-22)26(31)20-33-24-15-13-23(28)14-16-24/h3-16,25H,2,17-20H2,1H3,(H,29,32)/t25-/m0/s1. The van der Waals surface area contributed by atoms with Crippen LogP contribution in [-0.2, 0) is 22.6 Å². The van der Waals surface area contributed by atoms with Gasteiger partial charge in [-0.15, -0.1) is 0 Å². The highest BCUT2D eigenvalue weighted by atomic mass is 35.5. The SMILES string of the molecule is CCCNC(=O)[C@H](Cc1ccccc1)N(Cc1ccccc1)C(=O)COc1ccc(Cl)cc1. The van der Waals surface area contributed by atoms with Gasteiger partial charge < -0.3 is 15.0 Å². The van der Waals surface area contributed by atoms with Crippen LogP contribution in [-0.4, -0.2) is 35.9 Å². The van der Waals surface area contributed by atoms with Crippen molar-refractivity contribution in [1.82, 2.24) is 10.2 Å². The maximum absolute atomic E-state index is 13.4. The molecule has 0 saturated carbocycles. The molecule has 3 aromatic carbocycles. The fraction of sp³-hybridized carbons (Fsp3) is 0.259. The third-order valence-corrected chi connectivity index (χ3v) is 5.44. The first kappa shape index (κ1) is 24.3. The minimum absolute atomic E-state index is 0.170. The Hall–Kier alpha value is -3.31. The molecule has 33 heavy (non-hydrogen) atoms. The van der Waals surface area contributed by atoms with Crippen LogP contribution in [0.25, 0.3) is 0 Å². The van der Waals surface area contributed by atoms with Gasteiger partial charge in [-0.05, 0) is 41.8 Å². The molecule has 0 aliphatic heterocycles. The molecule has 5 nitrogen and oxygen atoms in total. The van der Waals surface area contributed by atoms with E-state index >= 15 is 0 Å². The summed E-state index contributed by atoms with van der Waals surface area (Å²) in [5, 5.41) is 3.56. The number of rotatable bonds is 11. The van der Waals surface area contributed by atoms with Gasteiger partial charge >= 0.3 is 0 Å². The molecule has 2 amide bonds. The number of ether oxygens (including phenoxy) is 1. The van der Waals surface area contributed by atoms with E-state index in [1.165, 1.54) is 0 Å². The largest absolute Gasteiger partial charge is 0.484 e. The molecule has 0 radical (unpaired) electrons. The van der Waals surface area contributed by atoms with E-state index in [0.717, 1.165) is 17.5 Å². The molecule has 1 atom stereocenters. The predicted molar refractivity (Wildman–Crippen MR) is 131 cm³/mol. The molecule has 0 fully saturated rings. The molecule has 0 aromatic heterocycles. The third kappa shape index (κ3) is 7.65. The van der Waals surface area contributed by atoms with Crippen molar-refractivity contribution < 1.29 is 14.3 Å². The lowest BCUT2D eigenvalue weighted by atomic mass is 10.0. The zero-order valence-corrected chi connectivity index (χ0v) is 19.5. The van der Waals surface area contributed by atoms with Crippen LogP contribution in [0.3, 0.4) is 0 Å². The van der Waals surface area contributed by atoms with E-state index in [2.05, 4.69) is 5.32 Å². The van der Waals surface area contributed by atoms with Gasteiger partial charge in [-0.3, -0.25) is 9.59 Å². The molecular weight excluding hydrogens is 436 g/mol. The van der Waals surface area contributed by atoms with Crippen LogP contribution in [0.15, 0.2) is 84.9 Å². The second kappa shape index (κ2) is 12.7. The van der Waals surface area contributed by atoms with Crippen molar-refractivity contribution in [3.63, 3.8) is 0 Å². The van der Waals surface area contributed by atoms with Crippen molar-refractivity contribution in [3.05, 3.63) is 101 Å². The van der Waals surface area contributed by atoms with Crippen molar-refractivity contribution in [2.75, 3.05) is 13.2 Å². The lowest BCUT2D eigenvalue weighted by Crippen LogP contribution is -2.51. The molecular formula is C27H29ClN2O3. The minimum Gasteiger partial charge on any atom is -0.484 e. The number of nitrogens with zero attached hydrogens (tertiary/aromatic N) is 1. The van der Waals surface area contributed by atoms with Gasteiger partial charge in [0.1, 0.15) is 11.8 Å². The highest BCUT2D eigenvalue weighted by Gasteiger charge is 2.30. The summed E-state index contributed by atoms with van der Waals surface area (Å²) >= 11 is 5.93. The van der Waals surface area contributed by atoms with Crippen molar-refractivity contribution in [2.45, 2.75) is 32.4 Å². The smallest absolute Gasteiger partial charge is 0.261 e. The third-order valence-electron chi connectivity index (χ3n) is 5.19. The summed E-state index contributed by atoms with van der Waals surface area (Å²) in [4.78, 5) is 28.2. The number of carbonyl (C=O) groups excluding carboxylic acids is 2. The van der Waals surface area contributed by atoms with Crippen LogP contribution in [0.4, 0.5) is 0 Å². The first-order valence-corrected chi connectivity index (χ1v) is 11.5. The minimum atomic E-state index is -0.666. The molecule has 0 saturated heterocycles. The summed E-state index contributed by atoms with van der Waals surface area (Å²) in [5.41, 5.74) is 1.93. The van der Waals surface area contributed by atoms with E-state index < -0.39 is 6.04 Å². The maximum Gasteiger partial charge on any atom is 0.261 e. The number of benzene rings is 3. The quantitative estimate of drug-likeness (QED) is 0.439. The van der Waals surface area contributed by atoms with Crippen molar-refractivity contribution in [1.29, 1.82) is 0 Å². The van der Waals surface area contributed by atoms with E-state index in [1.807, 2.05) is 67.6 Å². The van der Waals surface area contributed by atoms with E-state index in [1.54, 1.807) is 29.2 Å². The normalized spacial score (nSPS) is 11.5. The summed E-state index contributed by atoms with van der Waals surface area (Å²) in [6.07, 6.45) is 1.23.